The monoisotopic (exact) mass is 285 g/mol. The highest BCUT2D eigenvalue weighted by atomic mass is 16.4. The first kappa shape index (κ1) is 13.1. The third-order valence-electron chi connectivity index (χ3n) is 3.38. The van der Waals surface area contributed by atoms with Crippen LogP contribution in [0.2, 0.25) is 0 Å². The first-order valence-corrected chi connectivity index (χ1v) is 6.19. The Morgan fingerprint density at radius 1 is 1.24 bits per heavy atom. The second-order valence-corrected chi connectivity index (χ2v) is 4.85. The first-order valence-electron chi connectivity index (χ1n) is 6.19. The third kappa shape index (κ3) is 1.92. The van der Waals surface area contributed by atoms with Crippen molar-refractivity contribution >= 4 is 17.1 Å². The Morgan fingerprint density at radius 2 is 1.95 bits per heavy atom. The smallest absolute Gasteiger partial charge is 0.338 e. The Labute approximate surface area is 118 Å². The van der Waals surface area contributed by atoms with Gasteiger partial charge in [-0.2, -0.15) is 0 Å². The van der Waals surface area contributed by atoms with E-state index in [1.165, 1.54) is 6.07 Å². The molecule has 0 spiro atoms. The molecule has 1 aliphatic heterocycles. The van der Waals surface area contributed by atoms with Gasteiger partial charge >= 0.3 is 5.97 Å². The van der Waals surface area contributed by atoms with Crippen molar-refractivity contribution < 1.29 is 19.4 Å². The van der Waals surface area contributed by atoms with Gasteiger partial charge in [-0.3, -0.25) is 4.79 Å². The fourth-order valence-electron chi connectivity index (χ4n) is 2.32. The van der Waals surface area contributed by atoms with Gasteiger partial charge in [0.15, 0.2) is 16.8 Å². The summed E-state index contributed by atoms with van der Waals surface area (Å²) in [6.45, 7) is 3.38. The predicted octanol–water partition coefficient (Wildman–Crippen LogP) is 2.31. The van der Waals surface area contributed by atoms with Crippen LogP contribution in [0.15, 0.2) is 27.4 Å². The quantitative estimate of drug-likeness (QED) is 0.665. The third-order valence-corrected chi connectivity index (χ3v) is 3.38. The number of phenols is 1. The SMILES string of the molecule is Cc1cc2nc3c(C(=O)O)cc(=O)cc-3oc2c(C)c1O. The average molecular weight is 285 g/mol. The van der Waals surface area contributed by atoms with Gasteiger partial charge in [0.05, 0.1) is 5.56 Å². The topological polar surface area (TPSA) is 101 Å². The molecule has 6 heteroatoms. The number of nitrogens with zero attached hydrogens (tertiary/aromatic N) is 1. The van der Waals surface area contributed by atoms with Crippen molar-refractivity contribution in [3.05, 3.63) is 45.1 Å². The molecule has 1 heterocycles. The summed E-state index contributed by atoms with van der Waals surface area (Å²) >= 11 is 0. The second kappa shape index (κ2) is 4.31. The molecular weight excluding hydrogens is 274 g/mol. The van der Waals surface area contributed by atoms with Crippen LogP contribution in [0.25, 0.3) is 22.6 Å². The van der Waals surface area contributed by atoms with Crippen LogP contribution < -0.4 is 5.43 Å². The number of benzene rings is 2. The second-order valence-electron chi connectivity index (χ2n) is 4.85. The maximum atomic E-state index is 11.6. The fourth-order valence-corrected chi connectivity index (χ4v) is 2.32. The number of fused-ring (bicyclic) bond motifs is 2. The molecule has 6 nitrogen and oxygen atoms in total. The zero-order valence-electron chi connectivity index (χ0n) is 11.3. The van der Waals surface area contributed by atoms with E-state index < -0.39 is 11.4 Å². The molecule has 2 aliphatic rings. The van der Waals surface area contributed by atoms with Crippen LogP contribution in [0.5, 0.6) is 5.75 Å². The van der Waals surface area contributed by atoms with E-state index in [4.69, 9.17) is 4.42 Å². The Morgan fingerprint density at radius 3 is 2.62 bits per heavy atom. The fraction of sp³-hybridized carbons (Fsp3) is 0.133. The summed E-state index contributed by atoms with van der Waals surface area (Å²) in [5.74, 6) is -1.07. The minimum absolute atomic E-state index is 0.0822. The lowest BCUT2D eigenvalue weighted by Gasteiger charge is -2.11. The lowest BCUT2D eigenvalue weighted by Crippen LogP contribution is -2.10. The van der Waals surface area contributed by atoms with Crippen molar-refractivity contribution in [3.8, 4) is 17.2 Å². The van der Waals surface area contributed by atoms with Crippen LogP contribution in [0.3, 0.4) is 0 Å². The van der Waals surface area contributed by atoms with Gasteiger partial charge in [-0.25, -0.2) is 9.78 Å². The summed E-state index contributed by atoms with van der Waals surface area (Å²) < 4.78 is 5.60. The molecule has 0 amide bonds. The summed E-state index contributed by atoms with van der Waals surface area (Å²) in [5.41, 5.74) is 1.29. The highest BCUT2D eigenvalue weighted by Gasteiger charge is 2.21. The van der Waals surface area contributed by atoms with Crippen LogP contribution in [-0.2, 0) is 0 Å². The van der Waals surface area contributed by atoms with E-state index in [-0.39, 0.29) is 22.8 Å². The van der Waals surface area contributed by atoms with Crippen molar-refractivity contribution in [2.24, 2.45) is 0 Å². The van der Waals surface area contributed by atoms with E-state index in [1.54, 1.807) is 19.9 Å². The van der Waals surface area contributed by atoms with Crippen molar-refractivity contribution in [3.63, 3.8) is 0 Å². The molecule has 1 aliphatic carbocycles. The summed E-state index contributed by atoms with van der Waals surface area (Å²) in [6.07, 6.45) is 0. The first-order chi connectivity index (χ1) is 9.88. The number of hydrogen-bond donors (Lipinski definition) is 2. The Balaban J connectivity index is 2.52. The van der Waals surface area contributed by atoms with Gasteiger partial charge in [0.2, 0.25) is 0 Å². The number of aromatic carboxylic acids is 1. The van der Waals surface area contributed by atoms with E-state index in [9.17, 15) is 19.8 Å². The number of carboxylic acid groups (broad SMARTS) is 1. The molecule has 0 unspecified atom stereocenters. The largest absolute Gasteiger partial charge is 0.507 e. The molecule has 1 aromatic carbocycles. The minimum atomic E-state index is -1.24. The Hall–Kier alpha value is -2.89. The van der Waals surface area contributed by atoms with Crippen LogP contribution >= 0.6 is 0 Å². The number of rotatable bonds is 1. The van der Waals surface area contributed by atoms with Gasteiger partial charge < -0.3 is 14.6 Å². The summed E-state index contributed by atoms with van der Waals surface area (Å²) in [5, 5.41) is 19.1. The minimum Gasteiger partial charge on any atom is -0.507 e. The number of aromatic hydroxyl groups is 1. The molecule has 0 radical (unpaired) electrons. The normalized spacial score (nSPS) is 11.1. The zero-order valence-corrected chi connectivity index (χ0v) is 11.3. The number of aryl methyl sites for hydroxylation is 2. The highest BCUT2D eigenvalue weighted by Crippen LogP contribution is 2.33. The molecule has 0 saturated carbocycles. The molecule has 0 bridgehead atoms. The molecule has 0 atom stereocenters. The van der Waals surface area contributed by atoms with Crippen LogP contribution in [0.1, 0.15) is 21.5 Å². The van der Waals surface area contributed by atoms with Crippen LogP contribution in [0, 0.1) is 13.8 Å². The highest BCUT2D eigenvalue weighted by molar-refractivity contribution is 5.95. The lowest BCUT2D eigenvalue weighted by atomic mass is 10.1. The number of aromatic nitrogens is 1. The molecule has 1 aromatic rings. The van der Waals surface area contributed by atoms with Gasteiger partial charge in [0.25, 0.3) is 0 Å². The van der Waals surface area contributed by atoms with Crippen molar-refractivity contribution in [1.29, 1.82) is 0 Å². The molecule has 21 heavy (non-hydrogen) atoms. The summed E-state index contributed by atoms with van der Waals surface area (Å²) in [4.78, 5) is 27.1. The van der Waals surface area contributed by atoms with E-state index in [1.807, 2.05) is 0 Å². The summed E-state index contributed by atoms with van der Waals surface area (Å²) in [6, 6.07) is 3.81. The molecule has 0 aromatic heterocycles. The van der Waals surface area contributed by atoms with Crippen molar-refractivity contribution in [1.82, 2.24) is 4.98 Å². The standard InChI is InChI=1S/C15H11NO5/c1-6-3-10-14(7(2)13(6)18)21-11-5-8(17)4-9(15(19)20)12(11)16-10/h3-5,18H,1-2H3,(H,19,20). The molecule has 0 fully saturated rings. The molecular formula is C15H11NO5. The van der Waals surface area contributed by atoms with Gasteiger partial charge in [-0.15, -0.1) is 0 Å². The lowest BCUT2D eigenvalue weighted by molar-refractivity contribution is 0.0697. The van der Waals surface area contributed by atoms with E-state index in [0.717, 1.165) is 6.07 Å². The number of phenolic OH excluding ortho intramolecular Hbond substituents is 1. The number of carbonyl (C=O) groups is 1. The molecule has 0 saturated heterocycles. The van der Waals surface area contributed by atoms with Gasteiger partial charge in [-0.05, 0) is 25.5 Å². The van der Waals surface area contributed by atoms with Gasteiger partial charge in [-0.1, -0.05) is 0 Å². The average Bonchev–Trinajstić information content (AvgIpc) is 2.43. The Bertz CT molecular complexity index is 926. The predicted molar refractivity (Wildman–Crippen MR) is 75.0 cm³/mol. The van der Waals surface area contributed by atoms with Crippen molar-refractivity contribution in [2.45, 2.75) is 13.8 Å². The summed E-state index contributed by atoms with van der Waals surface area (Å²) in [7, 11) is 0. The molecule has 2 N–H and O–H groups in total. The van der Waals surface area contributed by atoms with Gasteiger partial charge in [0.1, 0.15) is 17.0 Å². The van der Waals surface area contributed by atoms with E-state index >= 15 is 0 Å². The maximum absolute atomic E-state index is 11.6. The number of hydrogen-bond acceptors (Lipinski definition) is 5. The maximum Gasteiger partial charge on any atom is 0.338 e. The molecule has 106 valence electrons. The Kier molecular flexibility index (Phi) is 2.69. The van der Waals surface area contributed by atoms with Crippen molar-refractivity contribution in [2.75, 3.05) is 0 Å². The zero-order chi connectivity index (χ0) is 15.3. The van der Waals surface area contributed by atoms with E-state index in [0.29, 0.717) is 22.2 Å². The van der Waals surface area contributed by atoms with Gasteiger partial charge in [0, 0.05) is 17.7 Å². The van der Waals surface area contributed by atoms with Crippen LogP contribution in [0.4, 0.5) is 0 Å². The number of carboxylic acids is 1. The van der Waals surface area contributed by atoms with Crippen LogP contribution in [-0.4, -0.2) is 21.2 Å². The molecule has 3 rings (SSSR count). The van der Waals surface area contributed by atoms with E-state index in [2.05, 4.69) is 4.98 Å².